The molecule has 1 N–H and O–H groups in total. The quantitative estimate of drug-likeness (QED) is 0.889. The van der Waals surface area contributed by atoms with E-state index in [9.17, 15) is 13.2 Å². The van der Waals surface area contributed by atoms with Crippen molar-refractivity contribution < 1.29 is 13.2 Å². The molecule has 1 aromatic heterocycles. The van der Waals surface area contributed by atoms with E-state index in [1.54, 1.807) is 6.20 Å². The Balaban J connectivity index is 2.07. The normalized spacial score (nSPS) is 13.5. The molecule has 0 bridgehead atoms. The predicted octanol–water partition coefficient (Wildman–Crippen LogP) is 4.66. The molecular formula is C15H18F3N3. The highest BCUT2D eigenvalue weighted by Gasteiger charge is 2.30. The number of anilines is 1. The average molecular weight is 297 g/mol. The van der Waals surface area contributed by atoms with Crippen molar-refractivity contribution in [1.82, 2.24) is 9.78 Å². The van der Waals surface area contributed by atoms with E-state index in [1.807, 2.05) is 31.6 Å². The van der Waals surface area contributed by atoms with Gasteiger partial charge in [-0.1, -0.05) is 12.1 Å². The molecule has 1 heterocycles. The van der Waals surface area contributed by atoms with E-state index in [4.69, 9.17) is 0 Å². The molecule has 1 aromatic carbocycles. The molecule has 0 saturated heterocycles. The summed E-state index contributed by atoms with van der Waals surface area (Å²) in [6, 6.07) is 5.36. The van der Waals surface area contributed by atoms with Crippen LogP contribution in [0.4, 0.5) is 18.9 Å². The zero-order chi connectivity index (χ0) is 15.6. The Morgan fingerprint density at radius 1 is 1.10 bits per heavy atom. The molecule has 3 nitrogen and oxygen atoms in total. The standard InChI is InChI=1S/C15H18F3N3/c1-10(2)21-9-14(8-19-21)20-11(3)12-4-6-13(7-5-12)15(16,17)18/h4-11,20H,1-3H3. The minimum atomic E-state index is -4.30. The van der Waals surface area contributed by atoms with E-state index in [2.05, 4.69) is 10.4 Å². The molecule has 0 saturated carbocycles. The summed E-state index contributed by atoms with van der Waals surface area (Å²) in [4.78, 5) is 0. The van der Waals surface area contributed by atoms with Gasteiger partial charge in [0, 0.05) is 18.3 Å². The molecule has 2 rings (SSSR count). The molecule has 0 aliphatic heterocycles. The second-order valence-corrected chi connectivity index (χ2v) is 5.29. The summed E-state index contributed by atoms with van der Waals surface area (Å²) in [6.45, 7) is 5.95. The highest BCUT2D eigenvalue weighted by Crippen LogP contribution is 2.30. The van der Waals surface area contributed by atoms with Gasteiger partial charge in [0.15, 0.2) is 0 Å². The van der Waals surface area contributed by atoms with Crippen molar-refractivity contribution in [3.05, 3.63) is 47.8 Å². The molecule has 1 atom stereocenters. The van der Waals surface area contributed by atoms with E-state index in [-0.39, 0.29) is 12.1 Å². The molecule has 6 heteroatoms. The van der Waals surface area contributed by atoms with Crippen LogP contribution in [-0.2, 0) is 6.18 Å². The van der Waals surface area contributed by atoms with Gasteiger partial charge in [0.1, 0.15) is 0 Å². The van der Waals surface area contributed by atoms with E-state index in [0.29, 0.717) is 0 Å². The Morgan fingerprint density at radius 3 is 2.19 bits per heavy atom. The molecular weight excluding hydrogens is 279 g/mol. The summed E-state index contributed by atoms with van der Waals surface area (Å²) >= 11 is 0. The SMILES string of the molecule is CC(Nc1cnn(C(C)C)c1)c1ccc(C(F)(F)F)cc1. The molecule has 0 aliphatic rings. The van der Waals surface area contributed by atoms with Crippen LogP contribution >= 0.6 is 0 Å². The Labute approximate surface area is 121 Å². The van der Waals surface area contributed by atoms with Gasteiger partial charge in [0.2, 0.25) is 0 Å². The fraction of sp³-hybridized carbons (Fsp3) is 0.400. The van der Waals surface area contributed by atoms with Crippen molar-refractivity contribution in [3.8, 4) is 0 Å². The molecule has 0 fully saturated rings. The minimum absolute atomic E-state index is 0.0999. The maximum atomic E-state index is 12.5. The van der Waals surface area contributed by atoms with Crippen LogP contribution in [0.2, 0.25) is 0 Å². The van der Waals surface area contributed by atoms with E-state index in [1.165, 1.54) is 12.1 Å². The van der Waals surface area contributed by atoms with Crippen LogP contribution in [0.5, 0.6) is 0 Å². The van der Waals surface area contributed by atoms with Gasteiger partial charge < -0.3 is 5.32 Å². The number of hydrogen-bond acceptors (Lipinski definition) is 2. The number of aromatic nitrogens is 2. The summed E-state index contributed by atoms with van der Waals surface area (Å²) in [5.74, 6) is 0. The van der Waals surface area contributed by atoms with Crippen molar-refractivity contribution in [2.45, 2.75) is 39.0 Å². The van der Waals surface area contributed by atoms with Crippen molar-refractivity contribution in [2.75, 3.05) is 5.32 Å². The number of benzene rings is 1. The summed E-state index contributed by atoms with van der Waals surface area (Å²) < 4.78 is 39.4. The maximum absolute atomic E-state index is 12.5. The van der Waals surface area contributed by atoms with Gasteiger partial charge in [0.25, 0.3) is 0 Å². The fourth-order valence-corrected chi connectivity index (χ4v) is 1.99. The predicted molar refractivity (Wildman–Crippen MR) is 76.1 cm³/mol. The van der Waals surface area contributed by atoms with Crippen LogP contribution in [0.3, 0.4) is 0 Å². The summed E-state index contributed by atoms with van der Waals surface area (Å²) in [6.07, 6.45) is -0.709. The van der Waals surface area contributed by atoms with Crippen LogP contribution in [-0.4, -0.2) is 9.78 Å². The minimum Gasteiger partial charge on any atom is -0.376 e. The number of halogens is 3. The van der Waals surface area contributed by atoms with Crippen LogP contribution < -0.4 is 5.32 Å². The first-order valence-electron chi connectivity index (χ1n) is 6.75. The summed E-state index contributed by atoms with van der Waals surface area (Å²) in [7, 11) is 0. The van der Waals surface area contributed by atoms with Gasteiger partial charge in [-0.05, 0) is 38.5 Å². The molecule has 0 aliphatic carbocycles. The van der Waals surface area contributed by atoms with Gasteiger partial charge >= 0.3 is 6.18 Å². The van der Waals surface area contributed by atoms with Gasteiger partial charge in [-0.2, -0.15) is 18.3 Å². The van der Waals surface area contributed by atoms with Crippen molar-refractivity contribution >= 4 is 5.69 Å². The number of nitrogens with zero attached hydrogens (tertiary/aromatic N) is 2. The molecule has 0 amide bonds. The van der Waals surface area contributed by atoms with E-state index in [0.717, 1.165) is 23.4 Å². The number of rotatable bonds is 4. The molecule has 0 radical (unpaired) electrons. The topological polar surface area (TPSA) is 29.9 Å². The lowest BCUT2D eigenvalue weighted by molar-refractivity contribution is -0.137. The third-order valence-corrected chi connectivity index (χ3v) is 3.25. The molecule has 0 spiro atoms. The van der Waals surface area contributed by atoms with Gasteiger partial charge in [0.05, 0.1) is 17.4 Å². The van der Waals surface area contributed by atoms with Crippen molar-refractivity contribution in [1.29, 1.82) is 0 Å². The van der Waals surface area contributed by atoms with Gasteiger partial charge in [-0.15, -0.1) is 0 Å². The van der Waals surface area contributed by atoms with Crippen molar-refractivity contribution in [3.63, 3.8) is 0 Å². The number of nitrogens with one attached hydrogen (secondary N) is 1. The average Bonchev–Trinajstić information content (AvgIpc) is 2.86. The summed E-state index contributed by atoms with van der Waals surface area (Å²) in [5.41, 5.74) is 1.00. The van der Waals surface area contributed by atoms with Gasteiger partial charge in [-0.3, -0.25) is 4.68 Å². The largest absolute Gasteiger partial charge is 0.416 e. The van der Waals surface area contributed by atoms with Crippen LogP contribution in [0, 0.1) is 0 Å². The molecule has 114 valence electrons. The Hall–Kier alpha value is -1.98. The smallest absolute Gasteiger partial charge is 0.376 e. The lowest BCUT2D eigenvalue weighted by Crippen LogP contribution is -2.08. The van der Waals surface area contributed by atoms with Gasteiger partial charge in [-0.25, -0.2) is 0 Å². The van der Waals surface area contributed by atoms with Crippen LogP contribution in [0.25, 0.3) is 0 Å². The lowest BCUT2D eigenvalue weighted by Gasteiger charge is -2.15. The first-order chi connectivity index (χ1) is 9.77. The second kappa shape index (κ2) is 5.79. The fourth-order valence-electron chi connectivity index (χ4n) is 1.99. The third kappa shape index (κ3) is 3.77. The van der Waals surface area contributed by atoms with Crippen LogP contribution in [0.15, 0.2) is 36.7 Å². The van der Waals surface area contributed by atoms with E-state index < -0.39 is 11.7 Å². The van der Waals surface area contributed by atoms with Crippen molar-refractivity contribution in [2.24, 2.45) is 0 Å². The van der Waals surface area contributed by atoms with E-state index >= 15 is 0 Å². The maximum Gasteiger partial charge on any atom is 0.416 e. The lowest BCUT2D eigenvalue weighted by atomic mass is 10.1. The first-order valence-corrected chi connectivity index (χ1v) is 6.75. The zero-order valence-corrected chi connectivity index (χ0v) is 12.1. The Bertz CT molecular complexity index is 585. The summed E-state index contributed by atoms with van der Waals surface area (Å²) in [5, 5.41) is 7.44. The molecule has 21 heavy (non-hydrogen) atoms. The number of alkyl halides is 3. The third-order valence-electron chi connectivity index (χ3n) is 3.25. The number of hydrogen-bond donors (Lipinski definition) is 1. The highest BCUT2D eigenvalue weighted by atomic mass is 19.4. The molecule has 1 unspecified atom stereocenters. The monoisotopic (exact) mass is 297 g/mol. The first kappa shape index (κ1) is 15.4. The Kier molecular flexibility index (Phi) is 4.25. The Morgan fingerprint density at radius 2 is 1.71 bits per heavy atom. The highest BCUT2D eigenvalue weighted by molar-refractivity contribution is 5.42. The second-order valence-electron chi connectivity index (χ2n) is 5.29. The zero-order valence-electron chi connectivity index (χ0n) is 12.1. The molecule has 2 aromatic rings. The van der Waals surface area contributed by atoms with Crippen LogP contribution in [0.1, 0.15) is 44.0 Å².